The van der Waals surface area contributed by atoms with E-state index in [-0.39, 0.29) is 23.3 Å². The van der Waals surface area contributed by atoms with Gasteiger partial charge in [-0.05, 0) is 78.1 Å². The summed E-state index contributed by atoms with van der Waals surface area (Å²) in [6, 6.07) is 18.0. The molecule has 7 heteroatoms. The van der Waals surface area contributed by atoms with Gasteiger partial charge in [-0.15, -0.1) is 0 Å². The Hall–Kier alpha value is -3.64. The molecule has 6 nitrogen and oxygen atoms in total. The van der Waals surface area contributed by atoms with Crippen molar-refractivity contribution in [3.63, 3.8) is 0 Å². The number of fused-ring (bicyclic) bond motifs is 1. The third-order valence-electron chi connectivity index (χ3n) is 7.84. The zero-order valence-electron chi connectivity index (χ0n) is 19.7. The van der Waals surface area contributed by atoms with E-state index < -0.39 is 5.97 Å². The van der Waals surface area contributed by atoms with Crippen LogP contribution in [0.4, 0.5) is 0 Å². The summed E-state index contributed by atoms with van der Waals surface area (Å²) >= 11 is 6.49. The molecule has 2 N–H and O–H groups in total. The highest BCUT2D eigenvalue weighted by atomic mass is 35.5. The van der Waals surface area contributed by atoms with Gasteiger partial charge in [0.15, 0.2) is 0 Å². The second-order valence-corrected chi connectivity index (χ2v) is 10.7. The van der Waals surface area contributed by atoms with Crippen LogP contribution in [-0.4, -0.2) is 32.6 Å². The van der Waals surface area contributed by atoms with Gasteiger partial charge in [0.05, 0.1) is 17.0 Å². The van der Waals surface area contributed by atoms with E-state index in [4.69, 9.17) is 16.7 Å². The van der Waals surface area contributed by atoms with Gasteiger partial charge in [-0.1, -0.05) is 35.9 Å². The maximum atomic E-state index is 13.3. The van der Waals surface area contributed by atoms with Crippen LogP contribution < -0.4 is 5.32 Å². The predicted molar refractivity (Wildman–Crippen MR) is 139 cm³/mol. The molecule has 0 radical (unpaired) electrons. The number of halogens is 1. The molecule has 1 amide bonds. The van der Waals surface area contributed by atoms with E-state index in [1.54, 1.807) is 24.5 Å². The van der Waals surface area contributed by atoms with Crippen molar-refractivity contribution in [1.82, 2.24) is 14.9 Å². The molecule has 2 saturated carbocycles. The van der Waals surface area contributed by atoms with Gasteiger partial charge in [0.2, 0.25) is 0 Å². The average molecular weight is 500 g/mol. The number of rotatable bonds is 6. The topological polar surface area (TPSA) is 84.2 Å². The number of nitrogens with one attached hydrogen (secondary N) is 1. The summed E-state index contributed by atoms with van der Waals surface area (Å²) in [6.07, 6.45) is 8.70. The van der Waals surface area contributed by atoms with Gasteiger partial charge in [-0.2, -0.15) is 0 Å². The zero-order valence-corrected chi connectivity index (χ0v) is 20.4. The Labute approximate surface area is 213 Å². The quantitative estimate of drug-likeness (QED) is 0.352. The van der Waals surface area contributed by atoms with Crippen LogP contribution in [0.15, 0.2) is 73.2 Å². The van der Waals surface area contributed by atoms with Gasteiger partial charge in [-0.25, -0.2) is 0 Å². The third kappa shape index (κ3) is 4.05. The predicted octanol–water partition coefficient (Wildman–Crippen LogP) is 5.78. The van der Waals surface area contributed by atoms with Crippen LogP contribution in [0, 0.1) is 11.3 Å². The molecule has 2 aliphatic carbocycles. The summed E-state index contributed by atoms with van der Waals surface area (Å²) in [5.41, 5.74) is 4.90. The number of aromatic nitrogens is 2. The molecule has 0 saturated heterocycles. The zero-order chi connectivity index (χ0) is 24.9. The molecule has 0 aliphatic heterocycles. The highest BCUT2D eigenvalue weighted by molar-refractivity contribution is 6.36. The number of aliphatic carboxylic acids is 1. The van der Waals surface area contributed by atoms with E-state index in [2.05, 4.69) is 39.1 Å². The molecule has 182 valence electrons. The van der Waals surface area contributed by atoms with Crippen LogP contribution in [0.5, 0.6) is 0 Å². The number of amides is 1. The Morgan fingerprint density at radius 2 is 1.67 bits per heavy atom. The fraction of sp³-hybridized carbons (Fsp3) is 0.276. The van der Waals surface area contributed by atoms with Crippen molar-refractivity contribution in [1.29, 1.82) is 0 Å². The second kappa shape index (κ2) is 8.79. The van der Waals surface area contributed by atoms with E-state index in [9.17, 15) is 9.59 Å². The standard InChI is InChI=1S/C29H26ClN3O3/c30-25-6-5-24(27(34)32-22-15-29(16-22)13-21(14-29)28(35)36)26-23(25)9-12-33(26)17-18-1-3-19(4-2-18)20-7-10-31-11-8-20/h1-12,21-22H,13-17H2,(H,32,34)(H,35,36). The van der Waals surface area contributed by atoms with E-state index in [1.165, 1.54) is 0 Å². The summed E-state index contributed by atoms with van der Waals surface area (Å²) in [4.78, 5) is 28.5. The first-order valence-electron chi connectivity index (χ1n) is 12.2. The summed E-state index contributed by atoms with van der Waals surface area (Å²) in [6.45, 7) is 0.615. The largest absolute Gasteiger partial charge is 0.481 e. The van der Waals surface area contributed by atoms with Crippen molar-refractivity contribution >= 4 is 34.4 Å². The molecule has 2 heterocycles. The Morgan fingerprint density at radius 1 is 0.972 bits per heavy atom. The van der Waals surface area contributed by atoms with Gasteiger partial charge in [0, 0.05) is 41.6 Å². The molecule has 2 aromatic carbocycles. The molecular formula is C29H26ClN3O3. The fourth-order valence-electron chi connectivity index (χ4n) is 5.99. The Bertz CT molecular complexity index is 1450. The molecule has 0 atom stereocenters. The van der Waals surface area contributed by atoms with E-state index >= 15 is 0 Å². The Balaban J connectivity index is 1.19. The SMILES string of the molecule is O=C(NC1CC2(C1)CC(C(=O)O)C2)c1ccc(Cl)c2ccn(Cc3ccc(-c4ccncc4)cc3)c12. The molecule has 0 bridgehead atoms. The second-order valence-electron chi connectivity index (χ2n) is 10.3. The first-order chi connectivity index (χ1) is 17.4. The van der Waals surface area contributed by atoms with Crippen molar-refractivity contribution in [2.45, 2.75) is 38.3 Å². The lowest BCUT2D eigenvalue weighted by Crippen LogP contribution is -2.57. The first-order valence-corrected chi connectivity index (χ1v) is 12.6. The number of benzene rings is 2. The number of carboxylic acids is 1. The average Bonchev–Trinajstić information content (AvgIpc) is 3.25. The molecule has 36 heavy (non-hydrogen) atoms. The minimum atomic E-state index is -0.704. The van der Waals surface area contributed by atoms with Crippen molar-refractivity contribution in [2.24, 2.45) is 11.3 Å². The lowest BCUT2D eigenvalue weighted by molar-refractivity contribution is -0.155. The minimum absolute atomic E-state index is 0.0853. The van der Waals surface area contributed by atoms with E-state index in [0.29, 0.717) is 17.1 Å². The van der Waals surface area contributed by atoms with Gasteiger partial charge >= 0.3 is 5.97 Å². The molecule has 4 aromatic rings. The monoisotopic (exact) mass is 499 g/mol. The number of pyridine rings is 1. The lowest BCUT2D eigenvalue weighted by Gasteiger charge is -2.56. The van der Waals surface area contributed by atoms with E-state index in [1.807, 2.05) is 24.4 Å². The third-order valence-corrected chi connectivity index (χ3v) is 8.17. The number of hydrogen-bond acceptors (Lipinski definition) is 3. The van der Waals surface area contributed by atoms with Crippen LogP contribution >= 0.6 is 11.6 Å². The maximum Gasteiger partial charge on any atom is 0.306 e. The highest BCUT2D eigenvalue weighted by Crippen LogP contribution is 2.58. The van der Waals surface area contributed by atoms with Crippen molar-refractivity contribution in [3.05, 3.63) is 89.3 Å². The summed E-state index contributed by atoms with van der Waals surface area (Å²) < 4.78 is 2.07. The molecule has 2 fully saturated rings. The number of nitrogens with zero attached hydrogens (tertiary/aromatic N) is 2. The van der Waals surface area contributed by atoms with E-state index in [0.717, 1.165) is 53.3 Å². The maximum absolute atomic E-state index is 13.3. The molecular weight excluding hydrogens is 474 g/mol. The summed E-state index contributed by atoms with van der Waals surface area (Å²) in [5, 5.41) is 13.8. The highest BCUT2D eigenvalue weighted by Gasteiger charge is 2.55. The number of carbonyl (C=O) groups is 2. The Kier molecular flexibility index (Phi) is 5.56. The molecule has 1 spiro atoms. The Morgan fingerprint density at radius 3 is 2.36 bits per heavy atom. The summed E-state index contributed by atoms with van der Waals surface area (Å²) in [7, 11) is 0. The van der Waals surface area contributed by atoms with Crippen LogP contribution in [-0.2, 0) is 11.3 Å². The lowest BCUT2D eigenvalue weighted by atomic mass is 9.50. The normalized spacial score (nSPS) is 22.7. The van der Waals surface area contributed by atoms with Crippen LogP contribution in [0.2, 0.25) is 5.02 Å². The smallest absolute Gasteiger partial charge is 0.306 e. The number of hydrogen-bond donors (Lipinski definition) is 2. The molecule has 2 aliphatic rings. The molecule has 2 aromatic heterocycles. The van der Waals surface area contributed by atoms with Gasteiger partial charge in [0.25, 0.3) is 5.91 Å². The van der Waals surface area contributed by atoms with Crippen LogP contribution in [0.3, 0.4) is 0 Å². The van der Waals surface area contributed by atoms with Crippen molar-refractivity contribution in [2.75, 3.05) is 0 Å². The van der Waals surface area contributed by atoms with Crippen molar-refractivity contribution in [3.8, 4) is 11.1 Å². The number of carbonyl (C=O) groups excluding carboxylic acids is 1. The summed E-state index contributed by atoms with van der Waals surface area (Å²) in [5.74, 6) is -1.04. The van der Waals surface area contributed by atoms with Gasteiger partial charge in [0.1, 0.15) is 0 Å². The fourth-order valence-corrected chi connectivity index (χ4v) is 6.21. The first kappa shape index (κ1) is 22.8. The van der Waals surface area contributed by atoms with Crippen LogP contribution in [0.25, 0.3) is 22.0 Å². The molecule has 6 rings (SSSR count). The van der Waals surface area contributed by atoms with Crippen LogP contribution in [0.1, 0.15) is 41.6 Å². The van der Waals surface area contributed by atoms with Gasteiger partial charge in [-0.3, -0.25) is 14.6 Å². The number of carboxylic acid groups (broad SMARTS) is 1. The van der Waals surface area contributed by atoms with Gasteiger partial charge < -0.3 is 15.0 Å². The molecule has 0 unspecified atom stereocenters. The van der Waals surface area contributed by atoms with Crippen molar-refractivity contribution < 1.29 is 14.7 Å². The minimum Gasteiger partial charge on any atom is -0.481 e.